The van der Waals surface area contributed by atoms with Crippen molar-refractivity contribution in [3.05, 3.63) is 83.8 Å². The van der Waals surface area contributed by atoms with Crippen LogP contribution in [0.4, 0.5) is 51.1 Å². The number of hydrogen-bond acceptors (Lipinski definition) is 8. The van der Waals surface area contributed by atoms with E-state index in [-0.39, 0.29) is 11.3 Å². The lowest BCUT2D eigenvalue weighted by molar-refractivity contribution is -0.193. The molecular formula is C30H29F9N6O7. The van der Waals surface area contributed by atoms with E-state index in [0.29, 0.717) is 23.6 Å². The van der Waals surface area contributed by atoms with E-state index >= 15 is 0 Å². The van der Waals surface area contributed by atoms with Gasteiger partial charge in [-0.3, -0.25) is 9.78 Å². The highest BCUT2D eigenvalue weighted by molar-refractivity contribution is 6.03. The van der Waals surface area contributed by atoms with Gasteiger partial charge in [0.1, 0.15) is 5.82 Å². The Morgan fingerprint density at radius 3 is 1.63 bits per heavy atom. The summed E-state index contributed by atoms with van der Waals surface area (Å²) in [7, 11) is 1.96. The molecule has 0 aliphatic carbocycles. The first-order valence-corrected chi connectivity index (χ1v) is 13.9. The molecule has 4 N–H and O–H groups in total. The van der Waals surface area contributed by atoms with E-state index in [4.69, 9.17) is 29.7 Å². The Hall–Kier alpha value is -5.96. The van der Waals surface area contributed by atoms with Crippen LogP contribution in [0.15, 0.2) is 67.0 Å². The first kappa shape index (κ1) is 44.1. The topological polar surface area (TPSA) is 187 Å². The number of amides is 1. The molecule has 3 aromatic heterocycles. The largest absolute Gasteiger partial charge is 0.490 e. The molecule has 3 heterocycles. The molecule has 1 aromatic carbocycles. The zero-order chi connectivity index (χ0) is 40.2. The van der Waals surface area contributed by atoms with Crippen LogP contribution < -0.4 is 10.2 Å². The number of carbonyl (C=O) groups excluding carboxylic acids is 1. The van der Waals surface area contributed by atoms with E-state index in [1.165, 1.54) is 5.56 Å². The van der Waals surface area contributed by atoms with E-state index < -0.39 is 36.4 Å². The second kappa shape index (κ2) is 17.8. The van der Waals surface area contributed by atoms with Gasteiger partial charge >= 0.3 is 36.4 Å². The molecule has 0 saturated heterocycles. The van der Waals surface area contributed by atoms with E-state index in [1.54, 1.807) is 16.9 Å². The van der Waals surface area contributed by atoms with Gasteiger partial charge in [0.05, 0.1) is 18.4 Å². The van der Waals surface area contributed by atoms with Gasteiger partial charge in [-0.05, 0) is 47.4 Å². The summed E-state index contributed by atoms with van der Waals surface area (Å²) in [5, 5.41) is 28.8. The minimum atomic E-state index is -5.08. The van der Waals surface area contributed by atoms with Crippen LogP contribution in [0.25, 0.3) is 5.65 Å². The molecule has 0 fully saturated rings. The standard InChI is InChI=1S/C24H26N6O.3C2HF3O2/c1-24(2,3)18-10-8-17(9-11-18)23(31)27-20-16-30-21(26-20)12-13-22(28-30)29(4)15-19-7-5-6-14-25-19;3*3-2(4,5)1(6)7/h5-14,16H,15H2,1-4H3,(H,27,31);3*(H,6,7). The molecule has 0 bridgehead atoms. The number of aliphatic carboxylic acids is 3. The van der Waals surface area contributed by atoms with Gasteiger partial charge in [0.25, 0.3) is 5.91 Å². The van der Waals surface area contributed by atoms with Gasteiger partial charge in [-0.2, -0.15) is 39.5 Å². The summed E-state index contributed by atoms with van der Waals surface area (Å²) in [4.78, 5) is 50.1. The first-order valence-electron chi connectivity index (χ1n) is 13.9. The zero-order valence-electron chi connectivity index (χ0n) is 27.2. The molecule has 0 saturated carbocycles. The number of benzene rings is 1. The van der Waals surface area contributed by atoms with Crippen LogP contribution in [0, 0.1) is 0 Å². The molecule has 0 aliphatic rings. The number of carboxylic acid groups (broad SMARTS) is 3. The Bertz CT molecular complexity index is 1750. The fourth-order valence-electron chi connectivity index (χ4n) is 3.26. The number of alkyl halides is 9. The predicted molar refractivity (Wildman–Crippen MR) is 163 cm³/mol. The van der Waals surface area contributed by atoms with Crippen LogP contribution in [0.3, 0.4) is 0 Å². The number of carbonyl (C=O) groups is 4. The number of hydrogen-bond donors (Lipinski definition) is 4. The summed E-state index contributed by atoms with van der Waals surface area (Å²) >= 11 is 0. The Kier molecular flexibility index (Phi) is 15.1. The fraction of sp³-hybridized carbons (Fsp3) is 0.300. The lowest BCUT2D eigenvalue weighted by Crippen LogP contribution is -2.21. The van der Waals surface area contributed by atoms with E-state index in [9.17, 15) is 44.3 Å². The third-order valence-corrected chi connectivity index (χ3v) is 5.80. The van der Waals surface area contributed by atoms with Crippen molar-refractivity contribution in [2.75, 3.05) is 17.3 Å². The van der Waals surface area contributed by atoms with Gasteiger partial charge < -0.3 is 25.5 Å². The summed E-state index contributed by atoms with van der Waals surface area (Å²) in [6, 6.07) is 17.3. The molecule has 0 aliphatic heterocycles. The van der Waals surface area contributed by atoms with Gasteiger partial charge in [0.15, 0.2) is 11.5 Å². The third kappa shape index (κ3) is 15.3. The number of fused-ring (bicyclic) bond motifs is 1. The highest BCUT2D eigenvalue weighted by Gasteiger charge is 2.39. The molecule has 13 nitrogen and oxygen atoms in total. The maximum absolute atomic E-state index is 12.6. The van der Waals surface area contributed by atoms with Crippen LogP contribution in [0.5, 0.6) is 0 Å². The summed E-state index contributed by atoms with van der Waals surface area (Å²) in [5.74, 6) is -7.23. The van der Waals surface area contributed by atoms with Gasteiger partial charge in [-0.1, -0.05) is 39.0 Å². The Morgan fingerprint density at radius 1 is 0.750 bits per heavy atom. The summed E-state index contributed by atoms with van der Waals surface area (Å²) in [6.45, 7) is 7.08. The van der Waals surface area contributed by atoms with Gasteiger partial charge in [-0.15, -0.1) is 5.10 Å². The Morgan fingerprint density at radius 2 is 1.23 bits per heavy atom. The normalized spacial score (nSPS) is 11.4. The number of rotatable bonds is 5. The fourth-order valence-corrected chi connectivity index (χ4v) is 3.26. The smallest absolute Gasteiger partial charge is 0.475 e. The second-order valence-electron chi connectivity index (χ2n) is 11.0. The van der Waals surface area contributed by atoms with Crippen molar-refractivity contribution in [2.24, 2.45) is 0 Å². The van der Waals surface area contributed by atoms with E-state index in [0.717, 1.165) is 11.5 Å². The maximum Gasteiger partial charge on any atom is 0.490 e. The Labute approximate surface area is 287 Å². The lowest BCUT2D eigenvalue weighted by atomic mass is 9.87. The minimum absolute atomic E-state index is 0.0454. The predicted octanol–water partition coefficient (Wildman–Crippen LogP) is 6.21. The van der Waals surface area contributed by atoms with E-state index in [2.05, 4.69) is 41.2 Å². The van der Waals surface area contributed by atoms with Crippen molar-refractivity contribution in [1.82, 2.24) is 19.6 Å². The monoisotopic (exact) mass is 756 g/mol. The molecular weight excluding hydrogens is 727 g/mol. The molecule has 284 valence electrons. The van der Waals surface area contributed by atoms with Crippen molar-refractivity contribution in [3.8, 4) is 0 Å². The van der Waals surface area contributed by atoms with Crippen molar-refractivity contribution < 1.29 is 74.0 Å². The highest BCUT2D eigenvalue weighted by atomic mass is 19.4. The molecule has 0 unspecified atom stereocenters. The molecule has 0 atom stereocenters. The summed E-state index contributed by atoms with van der Waals surface area (Å²) in [6.07, 6.45) is -11.8. The third-order valence-electron chi connectivity index (χ3n) is 5.80. The highest BCUT2D eigenvalue weighted by Crippen LogP contribution is 2.23. The van der Waals surface area contributed by atoms with Gasteiger partial charge in [0.2, 0.25) is 0 Å². The minimum Gasteiger partial charge on any atom is -0.475 e. The average Bonchev–Trinajstić information content (AvgIpc) is 3.42. The number of nitrogens with zero attached hydrogens (tertiary/aromatic N) is 5. The zero-order valence-corrected chi connectivity index (χ0v) is 27.2. The Balaban J connectivity index is 0.000000525. The number of anilines is 2. The number of nitrogens with one attached hydrogen (secondary N) is 1. The summed E-state index contributed by atoms with van der Waals surface area (Å²) < 4.78 is 96.9. The van der Waals surface area contributed by atoms with Crippen molar-refractivity contribution >= 4 is 41.1 Å². The van der Waals surface area contributed by atoms with Crippen LogP contribution in [-0.4, -0.2) is 84.3 Å². The van der Waals surface area contributed by atoms with Crippen molar-refractivity contribution in [3.63, 3.8) is 0 Å². The van der Waals surface area contributed by atoms with Gasteiger partial charge in [-0.25, -0.2) is 23.9 Å². The molecule has 22 heteroatoms. The van der Waals surface area contributed by atoms with Crippen LogP contribution in [-0.2, 0) is 26.3 Å². The number of carboxylic acids is 3. The first-order chi connectivity index (χ1) is 23.6. The number of imidazole rings is 1. The number of halogens is 9. The SMILES string of the molecule is CN(Cc1ccccn1)c1ccc2nc(NC(=O)c3ccc(C(C)(C)C)cc3)cn2n1.O=C(O)C(F)(F)F.O=C(O)C(F)(F)F.O=C(O)C(F)(F)F. The molecule has 52 heavy (non-hydrogen) atoms. The van der Waals surface area contributed by atoms with Crippen LogP contribution in [0.1, 0.15) is 42.4 Å². The van der Waals surface area contributed by atoms with Crippen molar-refractivity contribution in [1.29, 1.82) is 0 Å². The second-order valence-corrected chi connectivity index (χ2v) is 11.0. The lowest BCUT2D eigenvalue weighted by Gasteiger charge is -2.18. The number of pyridine rings is 1. The van der Waals surface area contributed by atoms with Crippen LogP contribution in [0.2, 0.25) is 0 Å². The molecule has 4 aromatic rings. The average molecular weight is 757 g/mol. The quantitative estimate of drug-likeness (QED) is 0.170. The molecule has 0 spiro atoms. The van der Waals surface area contributed by atoms with E-state index in [1.807, 2.05) is 66.5 Å². The molecule has 0 radical (unpaired) electrons. The molecule has 4 rings (SSSR count). The van der Waals surface area contributed by atoms with Crippen LogP contribution >= 0.6 is 0 Å². The summed E-state index contributed by atoms with van der Waals surface area (Å²) in [5.41, 5.74) is 3.44. The molecule has 1 amide bonds. The van der Waals surface area contributed by atoms with Crippen molar-refractivity contribution in [2.45, 2.75) is 51.3 Å². The van der Waals surface area contributed by atoms with Gasteiger partial charge in [0, 0.05) is 18.8 Å². The maximum atomic E-state index is 12.6. The number of aromatic nitrogens is 4.